The summed E-state index contributed by atoms with van der Waals surface area (Å²) in [5, 5.41) is 19.8. The number of aliphatic imine (C=N–C) groups is 1. The first-order chi connectivity index (χ1) is 14.3. The topological polar surface area (TPSA) is 91.3 Å². The predicted octanol–water partition coefficient (Wildman–Crippen LogP) is 4.90. The first-order valence-electron chi connectivity index (χ1n) is 8.91. The first kappa shape index (κ1) is 19.9. The Hall–Kier alpha value is -3.40. The summed E-state index contributed by atoms with van der Waals surface area (Å²) in [5.74, 6) is 0.223. The molecule has 0 saturated carbocycles. The normalized spacial score (nSPS) is 14.2. The first-order valence-corrected chi connectivity index (χ1v) is 9.67. The fraction of sp³-hybridized carbons (Fsp3) is 0.0909. The minimum absolute atomic E-state index is 0.0244. The molecule has 0 atom stereocenters. The molecule has 0 aliphatic carbocycles. The minimum atomic E-state index is -0.314. The lowest BCUT2D eigenvalue weighted by Crippen LogP contribution is -2.30. The van der Waals surface area contributed by atoms with Gasteiger partial charge in [0.25, 0.3) is 5.56 Å². The van der Waals surface area contributed by atoms with E-state index in [1.165, 1.54) is 16.7 Å². The summed E-state index contributed by atoms with van der Waals surface area (Å²) in [5.41, 5.74) is 2.45. The molecule has 148 valence electrons. The van der Waals surface area contributed by atoms with E-state index >= 15 is 0 Å². The van der Waals surface area contributed by atoms with Gasteiger partial charge in [-0.15, -0.1) is 0 Å². The van der Waals surface area contributed by atoms with E-state index in [2.05, 4.69) is 16.0 Å². The average molecular weight is 437 g/mol. The van der Waals surface area contributed by atoms with Crippen LogP contribution in [0.1, 0.15) is 22.6 Å². The van der Waals surface area contributed by atoms with Gasteiger partial charge in [-0.25, -0.2) is 14.5 Å². The molecule has 0 saturated heterocycles. The van der Waals surface area contributed by atoms with Crippen LogP contribution in [-0.2, 0) is 0 Å². The highest BCUT2D eigenvalue weighted by Crippen LogP contribution is 2.38. The molecule has 3 aromatic rings. The highest BCUT2D eigenvalue weighted by Gasteiger charge is 2.32. The van der Waals surface area contributed by atoms with Crippen LogP contribution in [0.5, 0.6) is 5.75 Å². The summed E-state index contributed by atoms with van der Waals surface area (Å²) in [6.07, 6.45) is 0. The van der Waals surface area contributed by atoms with Crippen LogP contribution in [0.4, 0.5) is 5.69 Å². The van der Waals surface area contributed by atoms with Gasteiger partial charge in [-0.1, -0.05) is 53.5 Å². The highest BCUT2D eigenvalue weighted by atomic mass is 35.5. The Kier molecular flexibility index (Phi) is 4.94. The van der Waals surface area contributed by atoms with Gasteiger partial charge in [0, 0.05) is 16.8 Å². The number of halogens is 2. The van der Waals surface area contributed by atoms with Gasteiger partial charge in [0.15, 0.2) is 17.4 Å². The third-order valence-corrected chi connectivity index (χ3v) is 5.45. The van der Waals surface area contributed by atoms with Gasteiger partial charge in [0.2, 0.25) is 0 Å². The van der Waals surface area contributed by atoms with Crippen LogP contribution in [0.3, 0.4) is 0 Å². The van der Waals surface area contributed by atoms with Crippen molar-refractivity contribution in [3.8, 4) is 11.8 Å². The zero-order chi connectivity index (χ0) is 21.6. The Morgan fingerprint density at radius 1 is 1.13 bits per heavy atom. The maximum Gasteiger partial charge on any atom is 0.262 e. The number of rotatable bonds is 2. The van der Waals surface area contributed by atoms with Gasteiger partial charge < -0.3 is 5.11 Å². The van der Waals surface area contributed by atoms with Crippen molar-refractivity contribution < 1.29 is 5.11 Å². The number of phenols is 1. The molecule has 1 aliphatic rings. The van der Waals surface area contributed by atoms with Crippen molar-refractivity contribution >= 4 is 45.9 Å². The van der Waals surface area contributed by atoms with Gasteiger partial charge in [0.05, 0.1) is 15.7 Å². The average Bonchev–Trinajstić information content (AvgIpc) is 3.03. The van der Waals surface area contributed by atoms with Crippen LogP contribution in [0.2, 0.25) is 10.0 Å². The Bertz CT molecular complexity index is 1340. The molecule has 0 unspecified atom stereocenters. The lowest BCUT2D eigenvalue weighted by atomic mass is 10.0. The molecule has 0 bridgehead atoms. The maximum absolute atomic E-state index is 13.1. The van der Waals surface area contributed by atoms with Crippen LogP contribution < -0.4 is 5.56 Å². The third-order valence-electron chi connectivity index (χ3n) is 4.87. The number of nitrogens with zero attached hydrogens (tertiary/aromatic N) is 4. The van der Waals surface area contributed by atoms with E-state index in [0.717, 1.165) is 0 Å². The van der Waals surface area contributed by atoms with Crippen molar-refractivity contribution in [3.63, 3.8) is 0 Å². The molecule has 30 heavy (non-hydrogen) atoms. The minimum Gasteiger partial charge on any atom is -0.505 e. The van der Waals surface area contributed by atoms with Gasteiger partial charge in [-0.3, -0.25) is 4.79 Å². The molecule has 4 rings (SSSR count). The standard InChI is InChI=1S/C22H14Cl2N4O2/c1-11-12(2)26-20-15(10-25)18(13-6-4-3-5-7-13)21(28(20)22(11)30)27-14-8-16(23)19(29)17(24)9-14/h3-9,29H,1-2H3. The van der Waals surface area contributed by atoms with E-state index < -0.39 is 0 Å². The van der Waals surface area contributed by atoms with E-state index in [9.17, 15) is 15.2 Å². The van der Waals surface area contributed by atoms with E-state index in [-0.39, 0.29) is 38.6 Å². The molecular formula is C22H14Cl2N4O2. The fourth-order valence-electron chi connectivity index (χ4n) is 3.24. The van der Waals surface area contributed by atoms with Crippen molar-refractivity contribution in [2.45, 2.75) is 13.8 Å². The maximum atomic E-state index is 13.1. The van der Waals surface area contributed by atoms with E-state index in [4.69, 9.17) is 23.2 Å². The predicted molar refractivity (Wildman–Crippen MR) is 117 cm³/mol. The zero-order valence-corrected chi connectivity index (χ0v) is 17.5. The second kappa shape index (κ2) is 7.45. The van der Waals surface area contributed by atoms with Gasteiger partial charge in [-0.05, 0) is 31.5 Å². The third kappa shape index (κ3) is 3.09. The Labute approximate surface area is 182 Å². The van der Waals surface area contributed by atoms with E-state index in [1.807, 2.05) is 30.3 Å². The van der Waals surface area contributed by atoms with Crippen molar-refractivity contribution in [2.75, 3.05) is 0 Å². The van der Waals surface area contributed by atoms with Crippen molar-refractivity contribution in [3.05, 3.63) is 85.5 Å². The summed E-state index contributed by atoms with van der Waals surface area (Å²) in [6, 6.07) is 14.2. The number of hydrogen-bond donors (Lipinski definition) is 1. The molecule has 1 aromatic heterocycles. The molecular weight excluding hydrogens is 423 g/mol. The molecule has 0 spiro atoms. The van der Waals surface area contributed by atoms with Gasteiger partial charge in [0.1, 0.15) is 11.6 Å². The number of hydrogen-bond acceptors (Lipinski definition) is 5. The highest BCUT2D eigenvalue weighted by molar-refractivity contribution is 6.38. The number of benzene rings is 2. The summed E-state index contributed by atoms with van der Waals surface area (Å²) in [6.45, 7) is 3.40. The van der Waals surface area contributed by atoms with Crippen LogP contribution in [-0.4, -0.2) is 20.5 Å². The zero-order valence-electron chi connectivity index (χ0n) is 15.9. The van der Waals surface area contributed by atoms with Crippen LogP contribution in [0, 0.1) is 25.2 Å². The molecule has 2 heterocycles. The second-order valence-electron chi connectivity index (χ2n) is 6.71. The lowest BCUT2D eigenvalue weighted by Gasteiger charge is -2.11. The quantitative estimate of drug-likeness (QED) is 0.618. The van der Waals surface area contributed by atoms with Gasteiger partial charge >= 0.3 is 0 Å². The molecule has 2 aromatic carbocycles. The van der Waals surface area contributed by atoms with Crippen molar-refractivity contribution in [1.82, 2.24) is 9.55 Å². The molecule has 1 N–H and O–H groups in total. The lowest BCUT2D eigenvalue weighted by molar-refractivity contribution is 0.476. The van der Waals surface area contributed by atoms with Gasteiger partial charge in [-0.2, -0.15) is 5.26 Å². The summed E-state index contributed by atoms with van der Waals surface area (Å²) in [7, 11) is 0. The number of aryl methyl sites for hydroxylation is 1. The molecule has 8 heteroatoms. The SMILES string of the molecule is Cc1nc2n(c(=O)c1C)C(=Nc1cc(Cl)c(O)c(Cl)c1)C(c1ccccc1)=C2C#N. The monoisotopic (exact) mass is 436 g/mol. The Morgan fingerprint density at radius 2 is 1.77 bits per heavy atom. The molecule has 1 aliphatic heterocycles. The van der Waals surface area contributed by atoms with E-state index in [1.54, 1.807) is 13.8 Å². The summed E-state index contributed by atoms with van der Waals surface area (Å²) >= 11 is 12.1. The smallest absolute Gasteiger partial charge is 0.262 e. The molecule has 0 fully saturated rings. The number of nitriles is 1. The van der Waals surface area contributed by atoms with Crippen LogP contribution in [0.25, 0.3) is 11.1 Å². The van der Waals surface area contributed by atoms with Crippen molar-refractivity contribution in [2.24, 2.45) is 4.99 Å². The summed E-state index contributed by atoms with van der Waals surface area (Å²) in [4.78, 5) is 22.2. The summed E-state index contributed by atoms with van der Waals surface area (Å²) < 4.78 is 1.33. The van der Waals surface area contributed by atoms with E-state index in [0.29, 0.717) is 28.1 Å². The van der Waals surface area contributed by atoms with Crippen LogP contribution in [0.15, 0.2) is 52.3 Å². The number of aromatic hydroxyl groups is 1. The fourth-order valence-corrected chi connectivity index (χ4v) is 3.72. The second-order valence-corrected chi connectivity index (χ2v) is 7.52. The number of phenolic OH excluding ortho intramolecular Hbond substituents is 1. The number of aromatic nitrogens is 2. The number of allylic oxidation sites excluding steroid dienone is 2. The molecule has 0 amide bonds. The largest absolute Gasteiger partial charge is 0.505 e. The van der Waals surface area contributed by atoms with Crippen molar-refractivity contribution in [1.29, 1.82) is 5.26 Å². The Balaban J connectivity index is 2.10. The number of fused-ring (bicyclic) bond motifs is 1. The molecule has 6 nitrogen and oxygen atoms in total. The Morgan fingerprint density at radius 3 is 2.37 bits per heavy atom. The molecule has 0 radical (unpaired) electrons. The van der Waals surface area contributed by atoms with Crippen LogP contribution >= 0.6 is 23.2 Å².